The first-order valence-corrected chi connectivity index (χ1v) is 8.45. The molecule has 4 nitrogen and oxygen atoms in total. The minimum absolute atomic E-state index is 0.0283. The number of hydrogen-bond donors (Lipinski definition) is 0. The molecule has 0 spiro atoms. The molecule has 21 heavy (non-hydrogen) atoms. The van der Waals surface area contributed by atoms with Crippen molar-refractivity contribution in [3.8, 4) is 0 Å². The number of nitrogens with zero attached hydrogens (tertiary/aromatic N) is 1. The molecule has 108 valence electrons. The highest BCUT2D eigenvalue weighted by Gasteiger charge is 2.41. The first kappa shape index (κ1) is 13.8. The molecule has 1 atom stereocenters. The number of para-hydroxylation sites is 1. The number of amides is 1. The summed E-state index contributed by atoms with van der Waals surface area (Å²) < 4.78 is 25.0. The van der Waals surface area contributed by atoms with Crippen LogP contribution in [0.1, 0.15) is 17.4 Å². The van der Waals surface area contributed by atoms with Crippen LogP contribution < -0.4 is 4.90 Å². The predicted molar refractivity (Wildman–Crippen MR) is 81.5 cm³/mol. The number of sulfone groups is 1. The highest BCUT2D eigenvalue weighted by Crippen LogP contribution is 2.36. The van der Waals surface area contributed by atoms with Gasteiger partial charge in [-0.25, -0.2) is 8.42 Å². The van der Waals surface area contributed by atoms with Crippen LogP contribution in [0.4, 0.5) is 5.69 Å². The monoisotopic (exact) mass is 301 g/mol. The van der Waals surface area contributed by atoms with Crippen LogP contribution in [0.3, 0.4) is 0 Å². The van der Waals surface area contributed by atoms with E-state index in [1.807, 2.05) is 12.1 Å². The zero-order valence-electron chi connectivity index (χ0n) is 11.3. The summed E-state index contributed by atoms with van der Waals surface area (Å²) in [7, 11) is -3.40. The van der Waals surface area contributed by atoms with Gasteiger partial charge in [-0.15, -0.1) is 0 Å². The van der Waals surface area contributed by atoms with Crippen LogP contribution in [-0.2, 0) is 14.6 Å². The van der Waals surface area contributed by atoms with Gasteiger partial charge in [-0.05, 0) is 17.7 Å². The van der Waals surface area contributed by atoms with E-state index in [-0.39, 0.29) is 18.1 Å². The van der Waals surface area contributed by atoms with Crippen molar-refractivity contribution in [3.63, 3.8) is 0 Å². The Hall–Kier alpha value is -2.14. The van der Waals surface area contributed by atoms with E-state index >= 15 is 0 Å². The molecule has 3 rings (SSSR count). The molecule has 0 radical (unpaired) electrons. The molecular formula is C16H15NO3S. The summed E-state index contributed by atoms with van der Waals surface area (Å²) in [6, 6.07) is 17.8. The maximum absolute atomic E-state index is 12.5. The smallest absolute Gasteiger partial charge is 0.229 e. The molecule has 0 aliphatic carbocycles. The van der Waals surface area contributed by atoms with Crippen molar-refractivity contribution in [2.75, 3.05) is 10.7 Å². The zero-order valence-corrected chi connectivity index (χ0v) is 12.2. The van der Waals surface area contributed by atoms with Crippen LogP contribution in [0.5, 0.6) is 0 Å². The van der Waals surface area contributed by atoms with Gasteiger partial charge in [0.15, 0.2) is 15.2 Å². The number of carbonyl (C=O) groups is 1. The van der Waals surface area contributed by atoms with Gasteiger partial charge in [0.2, 0.25) is 5.91 Å². The van der Waals surface area contributed by atoms with Crippen molar-refractivity contribution in [1.82, 2.24) is 0 Å². The molecule has 2 aromatic rings. The summed E-state index contributed by atoms with van der Waals surface area (Å²) in [6.07, 6.45) is 0.0283. The van der Waals surface area contributed by atoms with Gasteiger partial charge in [0, 0.05) is 12.1 Å². The summed E-state index contributed by atoms with van der Waals surface area (Å²) in [5.74, 6) is -0.265. The predicted octanol–water partition coefficient (Wildman–Crippen LogP) is 2.54. The second kappa shape index (κ2) is 5.33. The Morgan fingerprint density at radius 2 is 1.48 bits per heavy atom. The molecule has 1 amide bonds. The summed E-state index contributed by atoms with van der Waals surface area (Å²) in [5.41, 5.74) is 1.23. The number of benzene rings is 2. The molecule has 1 aliphatic heterocycles. The van der Waals surface area contributed by atoms with E-state index in [0.717, 1.165) is 0 Å². The Labute approximate surface area is 123 Å². The van der Waals surface area contributed by atoms with E-state index in [1.165, 1.54) is 4.90 Å². The molecule has 0 aromatic heterocycles. The van der Waals surface area contributed by atoms with Gasteiger partial charge >= 0.3 is 0 Å². The molecule has 1 unspecified atom stereocenters. The summed E-state index contributed by atoms with van der Waals surface area (Å²) in [6.45, 7) is 0. The van der Waals surface area contributed by atoms with Crippen LogP contribution in [0.25, 0.3) is 0 Å². The number of rotatable bonds is 2. The average molecular weight is 301 g/mol. The molecular weight excluding hydrogens is 286 g/mol. The first-order valence-electron chi connectivity index (χ1n) is 6.73. The molecule has 0 bridgehead atoms. The fourth-order valence-corrected chi connectivity index (χ4v) is 4.41. The lowest BCUT2D eigenvalue weighted by molar-refractivity contribution is -0.118. The Morgan fingerprint density at radius 1 is 0.905 bits per heavy atom. The third-order valence-corrected chi connectivity index (χ3v) is 5.50. The summed E-state index contributed by atoms with van der Waals surface area (Å²) in [5, 5.41) is -0.942. The van der Waals surface area contributed by atoms with E-state index in [9.17, 15) is 13.2 Å². The molecule has 1 heterocycles. The summed E-state index contributed by atoms with van der Waals surface area (Å²) >= 11 is 0. The third kappa shape index (κ3) is 2.56. The van der Waals surface area contributed by atoms with E-state index in [4.69, 9.17) is 0 Å². The van der Waals surface area contributed by atoms with Gasteiger partial charge in [-0.3, -0.25) is 9.69 Å². The van der Waals surface area contributed by atoms with Crippen LogP contribution in [0.15, 0.2) is 60.7 Å². The first-order chi connectivity index (χ1) is 10.1. The lowest BCUT2D eigenvalue weighted by atomic mass is 10.1. The normalized spacial score (nSPS) is 21.2. The van der Waals surface area contributed by atoms with E-state index < -0.39 is 15.2 Å². The number of hydrogen-bond acceptors (Lipinski definition) is 3. The van der Waals surface area contributed by atoms with Crippen LogP contribution in [0, 0.1) is 0 Å². The standard InChI is InChI=1S/C16H15NO3S/c18-15-11-12-21(19,20)16(13-7-3-1-4-8-13)17(15)14-9-5-2-6-10-14/h1-10,16H,11-12H2. The second-order valence-corrected chi connectivity index (χ2v) is 7.16. The van der Waals surface area contributed by atoms with E-state index in [2.05, 4.69) is 0 Å². The zero-order chi connectivity index (χ0) is 14.9. The van der Waals surface area contributed by atoms with Crippen molar-refractivity contribution in [2.24, 2.45) is 0 Å². The number of anilines is 1. The Balaban J connectivity index is 2.15. The van der Waals surface area contributed by atoms with Gasteiger partial charge in [0.05, 0.1) is 5.75 Å². The van der Waals surface area contributed by atoms with Crippen LogP contribution >= 0.6 is 0 Å². The lowest BCUT2D eigenvalue weighted by Gasteiger charge is -2.35. The van der Waals surface area contributed by atoms with Crippen molar-refractivity contribution in [2.45, 2.75) is 11.8 Å². The van der Waals surface area contributed by atoms with Crippen LogP contribution in [-0.4, -0.2) is 20.1 Å². The Kier molecular flexibility index (Phi) is 3.51. The quantitative estimate of drug-likeness (QED) is 0.856. The SMILES string of the molecule is O=C1CCS(=O)(=O)C(c2ccccc2)N1c1ccccc1. The molecule has 2 aromatic carbocycles. The average Bonchev–Trinajstić information content (AvgIpc) is 2.51. The summed E-state index contributed by atoms with van der Waals surface area (Å²) in [4.78, 5) is 13.7. The third-order valence-electron chi connectivity index (χ3n) is 3.56. The van der Waals surface area contributed by atoms with Gasteiger partial charge in [-0.1, -0.05) is 48.5 Å². The van der Waals surface area contributed by atoms with E-state index in [1.54, 1.807) is 48.5 Å². The second-order valence-electron chi connectivity index (χ2n) is 4.98. The fourth-order valence-electron chi connectivity index (χ4n) is 2.60. The number of carbonyl (C=O) groups excluding carboxylic acids is 1. The highest BCUT2D eigenvalue weighted by atomic mass is 32.2. The molecule has 1 aliphatic rings. The van der Waals surface area contributed by atoms with Gasteiger partial charge in [0.1, 0.15) is 0 Å². The van der Waals surface area contributed by atoms with Crippen molar-refractivity contribution < 1.29 is 13.2 Å². The minimum Gasteiger partial charge on any atom is -0.291 e. The van der Waals surface area contributed by atoms with Gasteiger partial charge in [0.25, 0.3) is 0 Å². The van der Waals surface area contributed by atoms with Crippen LogP contribution in [0.2, 0.25) is 0 Å². The van der Waals surface area contributed by atoms with E-state index in [0.29, 0.717) is 11.3 Å². The van der Waals surface area contributed by atoms with Crippen molar-refractivity contribution in [3.05, 3.63) is 66.2 Å². The molecule has 5 heteroatoms. The fraction of sp³-hybridized carbons (Fsp3) is 0.188. The van der Waals surface area contributed by atoms with Crippen molar-refractivity contribution in [1.29, 1.82) is 0 Å². The Bertz CT molecular complexity index is 742. The maximum Gasteiger partial charge on any atom is 0.229 e. The largest absolute Gasteiger partial charge is 0.291 e. The van der Waals surface area contributed by atoms with Gasteiger partial charge in [-0.2, -0.15) is 0 Å². The molecule has 1 fully saturated rings. The molecule has 1 saturated heterocycles. The molecule has 0 saturated carbocycles. The topological polar surface area (TPSA) is 54.5 Å². The molecule has 0 N–H and O–H groups in total. The Morgan fingerprint density at radius 3 is 2.10 bits per heavy atom. The maximum atomic E-state index is 12.5. The highest BCUT2D eigenvalue weighted by molar-refractivity contribution is 7.91. The van der Waals surface area contributed by atoms with Gasteiger partial charge < -0.3 is 0 Å². The van der Waals surface area contributed by atoms with Crippen molar-refractivity contribution >= 4 is 21.4 Å². The lowest BCUT2D eigenvalue weighted by Crippen LogP contribution is -2.45. The minimum atomic E-state index is -3.40.